The summed E-state index contributed by atoms with van der Waals surface area (Å²) in [5.41, 5.74) is 0.959. The molecule has 0 aliphatic heterocycles. The average Bonchev–Trinajstić information content (AvgIpc) is 2.63. The van der Waals surface area contributed by atoms with Gasteiger partial charge in [-0.2, -0.15) is 0 Å². The van der Waals surface area contributed by atoms with Crippen LogP contribution in [0.25, 0.3) is 0 Å². The van der Waals surface area contributed by atoms with E-state index in [1.54, 1.807) is 6.07 Å². The molecule has 0 atom stereocenters. The van der Waals surface area contributed by atoms with Crippen molar-refractivity contribution in [3.05, 3.63) is 35.4 Å². The fourth-order valence-electron chi connectivity index (χ4n) is 3.79. The minimum Gasteiger partial charge on any atom is -0.204 e. The molecule has 0 spiro atoms. The first-order valence-electron chi connectivity index (χ1n) is 10.4. The molecule has 0 amide bonds. The maximum Gasteiger partial charge on any atom is 0.159 e. The second kappa shape index (κ2) is 11.6. The van der Waals surface area contributed by atoms with Crippen molar-refractivity contribution in [2.24, 2.45) is 17.8 Å². The molecule has 0 bridgehead atoms. The quantitative estimate of drug-likeness (QED) is 0.478. The molecule has 0 aromatic heterocycles. The first-order valence-corrected chi connectivity index (χ1v) is 10.4. The van der Waals surface area contributed by atoms with Gasteiger partial charge < -0.3 is 0 Å². The van der Waals surface area contributed by atoms with Gasteiger partial charge in [0, 0.05) is 0 Å². The molecule has 25 heavy (non-hydrogen) atoms. The summed E-state index contributed by atoms with van der Waals surface area (Å²) in [6.07, 6.45) is 10.5. The standard InChI is InChI=1S/C13H16F2.C8H16.C2H6/c1-9-2-4-10(5-3-9)11-6-7-12(14)13(15)8-11;1-7-3-5-8(2)6-4-7;1-2/h6-10H,2-5H2,1H3;7-8H,3-6H2,1-2H3;1-2H3. The molecule has 2 saturated carbocycles. The number of hydrogen-bond donors (Lipinski definition) is 0. The first kappa shape index (κ1) is 22.1. The highest BCUT2D eigenvalue weighted by Crippen LogP contribution is 2.35. The lowest BCUT2D eigenvalue weighted by Gasteiger charge is -2.26. The molecule has 0 nitrogen and oxygen atoms in total. The molecule has 0 heterocycles. The summed E-state index contributed by atoms with van der Waals surface area (Å²) in [5, 5.41) is 0. The Morgan fingerprint density at radius 1 is 0.640 bits per heavy atom. The highest BCUT2D eigenvalue weighted by Gasteiger charge is 2.20. The normalized spacial score (nSPS) is 28.9. The molecule has 2 heteroatoms. The van der Waals surface area contributed by atoms with Crippen LogP contribution < -0.4 is 0 Å². The van der Waals surface area contributed by atoms with E-state index in [0.29, 0.717) is 5.92 Å². The molecule has 2 aliphatic carbocycles. The Kier molecular flexibility index (Phi) is 10.3. The summed E-state index contributed by atoms with van der Waals surface area (Å²) in [5.74, 6) is 1.79. The van der Waals surface area contributed by atoms with Crippen molar-refractivity contribution in [2.45, 2.75) is 91.9 Å². The molecule has 0 N–H and O–H groups in total. The molecule has 144 valence electrons. The van der Waals surface area contributed by atoms with Gasteiger partial charge in [0.15, 0.2) is 11.6 Å². The SMILES string of the molecule is CC.CC1CCC(C)CC1.CC1CCC(c2ccc(F)c(F)c2)CC1. The van der Waals surface area contributed by atoms with Gasteiger partial charge in [0.1, 0.15) is 0 Å². The summed E-state index contributed by atoms with van der Waals surface area (Å²) in [4.78, 5) is 0. The Hall–Kier alpha value is -0.920. The smallest absolute Gasteiger partial charge is 0.159 e. The van der Waals surface area contributed by atoms with E-state index in [1.807, 2.05) is 13.8 Å². The van der Waals surface area contributed by atoms with Gasteiger partial charge in [0.2, 0.25) is 0 Å². The Labute approximate surface area is 154 Å². The van der Waals surface area contributed by atoms with E-state index in [4.69, 9.17) is 0 Å². The first-order chi connectivity index (χ1) is 12.0. The lowest BCUT2D eigenvalue weighted by molar-refractivity contribution is 0.308. The zero-order valence-electron chi connectivity index (χ0n) is 17.0. The molecule has 1 aromatic rings. The number of rotatable bonds is 1. The van der Waals surface area contributed by atoms with Crippen LogP contribution in [0.5, 0.6) is 0 Å². The topological polar surface area (TPSA) is 0 Å². The van der Waals surface area contributed by atoms with E-state index in [0.717, 1.165) is 36.2 Å². The van der Waals surface area contributed by atoms with Crippen LogP contribution in [0.15, 0.2) is 18.2 Å². The zero-order chi connectivity index (χ0) is 18.8. The molecule has 0 radical (unpaired) electrons. The van der Waals surface area contributed by atoms with Gasteiger partial charge in [0.05, 0.1) is 0 Å². The maximum atomic E-state index is 13.0. The lowest BCUT2D eigenvalue weighted by Crippen LogP contribution is -2.11. The van der Waals surface area contributed by atoms with Crippen LogP contribution in [0.4, 0.5) is 8.78 Å². The lowest BCUT2D eigenvalue weighted by atomic mass is 9.79. The zero-order valence-corrected chi connectivity index (χ0v) is 17.0. The molecule has 0 unspecified atom stereocenters. The molecular formula is C23H38F2. The van der Waals surface area contributed by atoms with Gasteiger partial charge in [-0.15, -0.1) is 0 Å². The Balaban J connectivity index is 0.000000264. The fraction of sp³-hybridized carbons (Fsp3) is 0.739. The molecule has 2 fully saturated rings. The van der Waals surface area contributed by atoms with Crippen molar-refractivity contribution in [2.75, 3.05) is 0 Å². The summed E-state index contributed by atoms with van der Waals surface area (Å²) in [6.45, 7) is 11.0. The summed E-state index contributed by atoms with van der Waals surface area (Å²) in [6, 6.07) is 4.32. The minimum absolute atomic E-state index is 0.427. The molecule has 0 saturated heterocycles. The molecular weight excluding hydrogens is 314 g/mol. The van der Waals surface area contributed by atoms with Crippen LogP contribution in [-0.4, -0.2) is 0 Å². The fourth-order valence-corrected chi connectivity index (χ4v) is 3.79. The predicted molar refractivity (Wildman–Crippen MR) is 105 cm³/mol. The van der Waals surface area contributed by atoms with Gasteiger partial charge in [0.25, 0.3) is 0 Å². The van der Waals surface area contributed by atoms with Crippen molar-refractivity contribution < 1.29 is 8.78 Å². The third kappa shape index (κ3) is 7.88. The summed E-state index contributed by atoms with van der Waals surface area (Å²) in [7, 11) is 0. The van der Waals surface area contributed by atoms with Gasteiger partial charge in [-0.25, -0.2) is 8.78 Å². The summed E-state index contributed by atoms with van der Waals surface area (Å²) >= 11 is 0. The predicted octanol–water partition coefficient (Wildman–Crippen LogP) is 8.12. The van der Waals surface area contributed by atoms with Crippen molar-refractivity contribution in [3.8, 4) is 0 Å². The van der Waals surface area contributed by atoms with E-state index >= 15 is 0 Å². The van der Waals surface area contributed by atoms with Crippen molar-refractivity contribution >= 4 is 0 Å². The van der Waals surface area contributed by atoms with E-state index in [1.165, 1.54) is 50.7 Å². The average molecular weight is 353 g/mol. The highest BCUT2D eigenvalue weighted by molar-refractivity contribution is 5.22. The van der Waals surface area contributed by atoms with Crippen molar-refractivity contribution in [1.82, 2.24) is 0 Å². The third-order valence-electron chi connectivity index (χ3n) is 5.74. The number of halogens is 2. The maximum absolute atomic E-state index is 13.0. The van der Waals surface area contributed by atoms with Crippen LogP contribution >= 0.6 is 0 Å². The summed E-state index contributed by atoms with van der Waals surface area (Å²) < 4.78 is 25.8. The molecule has 2 aliphatic rings. The van der Waals surface area contributed by atoms with Crippen LogP contribution in [0.1, 0.15) is 97.5 Å². The van der Waals surface area contributed by atoms with Crippen LogP contribution in [0.2, 0.25) is 0 Å². The second-order valence-electron chi connectivity index (χ2n) is 8.00. The van der Waals surface area contributed by atoms with Crippen LogP contribution in [0, 0.1) is 29.4 Å². The number of benzene rings is 1. The minimum atomic E-state index is -0.747. The third-order valence-corrected chi connectivity index (χ3v) is 5.74. The van der Waals surface area contributed by atoms with E-state index < -0.39 is 11.6 Å². The van der Waals surface area contributed by atoms with E-state index in [-0.39, 0.29) is 0 Å². The van der Waals surface area contributed by atoms with Crippen LogP contribution in [-0.2, 0) is 0 Å². The Morgan fingerprint density at radius 2 is 1.04 bits per heavy atom. The van der Waals surface area contributed by atoms with Gasteiger partial charge >= 0.3 is 0 Å². The van der Waals surface area contributed by atoms with Crippen molar-refractivity contribution in [1.29, 1.82) is 0 Å². The monoisotopic (exact) mass is 352 g/mol. The van der Waals surface area contributed by atoms with E-state index in [2.05, 4.69) is 20.8 Å². The largest absolute Gasteiger partial charge is 0.204 e. The Morgan fingerprint density at radius 3 is 1.44 bits per heavy atom. The molecule has 1 aromatic carbocycles. The van der Waals surface area contributed by atoms with Gasteiger partial charge in [-0.1, -0.05) is 79.2 Å². The van der Waals surface area contributed by atoms with Crippen LogP contribution in [0.3, 0.4) is 0 Å². The molecule has 3 rings (SSSR count). The Bertz CT molecular complexity index is 457. The number of hydrogen-bond acceptors (Lipinski definition) is 0. The van der Waals surface area contributed by atoms with E-state index in [9.17, 15) is 8.78 Å². The van der Waals surface area contributed by atoms with Gasteiger partial charge in [-0.3, -0.25) is 0 Å². The highest BCUT2D eigenvalue weighted by atomic mass is 19.2. The second-order valence-corrected chi connectivity index (χ2v) is 8.00. The van der Waals surface area contributed by atoms with Crippen molar-refractivity contribution in [3.63, 3.8) is 0 Å². The van der Waals surface area contributed by atoms with Gasteiger partial charge in [-0.05, 0) is 54.2 Å².